The summed E-state index contributed by atoms with van der Waals surface area (Å²) in [7, 11) is 5.09. The van der Waals surface area contributed by atoms with Gasteiger partial charge in [0.05, 0.1) is 24.3 Å². The van der Waals surface area contributed by atoms with Crippen LogP contribution in [-0.2, 0) is 4.79 Å². The second kappa shape index (κ2) is 10.9. The van der Waals surface area contributed by atoms with Gasteiger partial charge in [-0.25, -0.2) is 14.4 Å². The lowest BCUT2D eigenvalue weighted by atomic mass is 10.2. The maximum absolute atomic E-state index is 13.4. The number of carbonyl (C=O) groups excluding carboxylic acids is 1. The average Bonchev–Trinajstić information content (AvgIpc) is 2.78. The van der Waals surface area contributed by atoms with Gasteiger partial charge in [0.15, 0.2) is 11.5 Å². The zero-order chi connectivity index (χ0) is 23.1. The molecule has 0 fully saturated rings. The Bertz CT molecular complexity index is 1090. The van der Waals surface area contributed by atoms with Gasteiger partial charge in [-0.2, -0.15) is 0 Å². The summed E-state index contributed by atoms with van der Waals surface area (Å²) in [5, 5.41) is 3.88. The Morgan fingerprint density at radius 3 is 2.66 bits per heavy atom. The number of ether oxygens (including phenoxy) is 2. The fourth-order valence-electron chi connectivity index (χ4n) is 3.11. The predicted molar refractivity (Wildman–Crippen MR) is 123 cm³/mol. The van der Waals surface area contributed by atoms with Gasteiger partial charge in [0.1, 0.15) is 18.0 Å². The number of nitrogens with zero attached hydrogens (tertiary/aromatic N) is 3. The standard InChI is InChI=1S/C23H26ClFN4O3/c1-29(2)22(30)7-5-4-6-10-32-21-13-19-16(12-20(21)31-3)23(27-14-26-19)28-15-8-9-18(25)17(24)11-15/h8-9,11-14H,4-7,10H2,1-3H3,(H,26,27,28). The molecule has 0 saturated carbocycles. The third kappa shape index (κ3) is 5.97. The summed E-state index contributed by atoms with van der Waals surface area (Å²) in [6.07, 6.45) is 4.52. The van der Waals surface area contributed by atoms with Crippen molar-refractivity contribution in [2.75, 3.05) is 33.1 Å². The molecular weight excluding hydrogens is 435 g/mol. The van der Waals surface area contributed by atoms with Crippen molar-refractivity contribution in [2.24, 2.45) is 0 Å². The minimum atomic E-state index is -0.488. The molecule has 0 atom stereocenters. The number of amides is 1. The van der Waals surface area contributed by atoms with E-state index in [0.29, 0.717) is 41.5 Å². The highest BCUT2D eigenvalue weighted by Crippen LogP contribution is 2.35. The molecule has 1 amide bonds. The number of hydrogen-bond acceptors (Lipinski definition) is 6. The summed E-state index contributed by atoms with van der Waals surface area (Å²) < 4.78 is 24.9. The molecule has 0 radical (unpaired) electrons. The molecule has 0 saturated heterocycles. The molecule has 2 aromatic carbocycles. The van der Waals surface area contributed by atoms with E-state index in [0.717, 1.165) is 24.6 Å². The number of halogens is 2. The van der Waals surface area contributed by atoms with Crippen LogP contribution in [0.25, 0.3) is 10.9 Å². The smallest absolute Gasteiger partial charge is 0.222 e. The number of nitrogens with one attached hydrogen (secondary N) is 1. The van der Waals surface area contributed by atoms with Gasteiger partial charge in [0.25, 0.3) is 0 Å². The van der Waals surface area contributed by atoms with Gasteiger partial charge in [0, 0.05) is 37.7 Å². The predicted octanol–water partition coefficient (Wildman–Crippen LogP) is 5.20. The van der Waals surface area contributed by atoms with Crippen LogP contribution in [0, 0.1) is 5.82 Å². The molecule has 170 valence electrons. The van der Waals surface area contributed by atoms with Gasteiger partial charge in [-0.05, 0) is 43.5 Å². The van der Waals surface area contributed by atoms with Gasteiger partial charge in [-0.1, -0.05) is 11.6 Å². The van der Waals surface area contributed by atoms with E-state index in [9.17, 15) is 9.18 Å². The van der Waals surface area contributed by atoms with Crippen LogP contribution in [0.2, 0.25) is 5.02 Å². The Morgan fingerprint density at radius 1 is 1.12 bits per heavy atom. The summed E-state index contributed by atoms with van der Waals surface area (Å²) in [4.78, 5) is 21.8. The van der Waals surface area contributed by atoms with E-state index in [2.05, 4.69) is 15.3 Å². The van der Waals surface area contributed by atoms with Gasteiger partial charge in [-0.15, -0.1) is 0 Å². The van der Waals surface area contributed by atoms with E-state index in [-0.39, 0.29) is 10.9 Å². The molecule has 0 aliphatic rings. The van der Waals surface area contributed by atoms with Gasteiger partial charge in [-0.3, -0.25) is 4.79 Å². The van der Waals surface area contributed by atoms with Crippen molar-refractivity contribution in [3.63, 3.8) is 0 Å². The van der Waals surface area contributed by atoms with Crippen LogP contribution in [-0.4, -0.2) is 48.6 Å². The Hall–Kier alpha value is -3.13. The number of rotatable bonds is 10. The summed E-state index contributed by atoms with van der Waals surface area (Å²) >= 11 is 5.87. The van der Waals surface area contributed by atoms with Crippen molar-refractivity contribution in [1.82, 2.24) is 14.9 Å². The first-order valence-electron chi connectivity index (χ1n) is 10.3. The monoisotopic (exact) mass is 460 g/mol. The molecule has 9 heteroatoms. The number of fused-ring (bicyclic) bond motifs is 1. The number of unbranched alkanes of at least 4 members (excludes halogenated alkanes) is 2. The lowest BCUT2D eigenvalue weighted by Gasteiger charge is -2.14. The Labute approximate surface area is 191 Å². The van der Waals surface area contributed by atoms with Crippen LogP contribution in [0.4, 0.5) is 15.9 Å². The van der Waals surface area contributed by atoms with Crippen molar-refractivity contribution in [3.8, 4) is 11.5 Å². The van der Waals surface area contributed by atoms with Gasteiger partial charge >= 0.3 is 0 Å². The third-order valence-corrected chi connectivity index (χ3v) is 5.18. The molecule has 0 unspecified atom stereocenters. The van der Waals surface area contributed by atoms with Crippen LogP contribution in [0.3, 0.4) is 0 Å². The molecule has 0 spiro atoms. The quantitative estimate of drug-likeness (QED) is 0.419. The molecule has 1 N–H and O–H groups in total. The van der Waals surface area contributed by atoms with Gasteiger partial charge < -0.3 is 19.7 Å². The molecule has 0 aliphatic carbocycles. The van der Waals surface area contributed by atoms with Crippen LogP contribution < -0.4 is 14.8 Å². The molecular formula is C23H26ClFN4O3. The number of anilines is 2. The lowest BCUT2D eigenvalue weighted by molar-refractivity contribution is -0.128. The van der Waals surface area contributed by atoms with E-state index in [1.54, 1.807) is 44.3 Å². The zero-order valence-electron chi connectivity index (χ0n) is 18.3. The minimum Gasteiger partial charge on any atom is -0.493 e. The van der Waals surface area contributed by atoms with E-state index < -0.39 is 5.82 Å². The van der Waals surface area contributed by atoms with E-state index in [1.807, 2.05) is 0 Å². The number of hydrogen-bond donors (Lipinski definition) is 1. The summed E-state index contributed by atoms with van der Waals surface area (Å²) in [5.74, 6) is 1.31. The summed E-state index contributed by atoms with van der Waals surface area (Å²) in [6, 6.07) is 7.96. The molecule has 3 rings (SSSR count). The SMILES string of the molecule is COc1cc2c(Nc3ccc(F)c(Cl)c3)ncnc2cc1OCCCCCC(=O)N(C)C. The van der Waals surface area contributed by atoms with Crippen molar-refractivity contribution in [3.05, 3.63) is 47.5 Å². The minimum absolute atomic E-state index is 0.0210. The fourth-order valence-corrected chi connectivity index (χ4v) is 3.29. The van der Waals surface area contributed by atoms with Crippen molar-refractivity contribution in [2.45, 2.75) is 25.7 Å². The fraction of sp³-hybridized carbons (Fsp3) is 0.348. The molecule has 0 bridgehead atoms. The van der Waals surface area contributed by atoms with E-state index in [1.165, 1.54) is 18.5 Å². The number of carbonyl (C=O) groups is 1. The zero-order valence-corrected chi connectivity index (χ0v) is 19.1. The van der Waals surface area contributed by atoms with E-state index >= 15 is 0 Å². The molecule has 32 heavy (non-hydrogen) atoms. The van der Waals surface area contributed by atoms with Crippen LogP contribution in [0.5, 0.6) is 11.5 Å². The number of benzene rings is 2. The Morgan fingerprint density at radius 2 is 1.94 bits per heavy atom. The first-order valence-corrected chi connectivity index (χ1v) is 10.6. The molecule has 1 aromatic heterocycles. The maximum Gasteiger partial charge on any atom is 0.222 e. The average molecular weight is 461 g/mol. The normalized spacial score (nSPS) is 10.8. The Kier molecular flexibility index (Phi) is 8.05. The van der Waals surface area contributed by atoms with Crippen LogP contribution >= 0.6 is 11.6 Å². The molecule has 1 heterocycles. The second-order valence-electron chi connectivity index (χ2n) is 7.44. The van der Waals surface area contributed by atoms with E-state index in [4.69, 9.17) is 21.1 Å². The highest BCUT2D eigenvalue weighted by Gasteiger charge is 2.13. The lowest BCUT2D eigenvalue weighted by Crippen LogP contribution is -2.21. The topological polar surface area (TPSA) is 76.6 Å². The second-order valence-corrected chi connectivity index (χ2v) is 7.85. The Balaban J connectivity index is 1.68. The molecule has 7 nitrogen and oxygen atoms in total. The van der Waals surface area contributed by atoms with Gasteiger partial charge in [0.2, 0.25) is 5.91 Å². The largest absolute Gasteiger partial charge is 0.493 e. The van der Waals surface area contributed by atoms with Crippen molar-refractivity contribution < 1.29 is 18.7 Å². The maximum atomic E-state index is 13.4. The molecule has 3 aromatic rings. The first-order chi connectivity index (χ1) is 15.4. The van der Waals surface area contributed by atoms with Crippen LogP contribution in [0.1, 0.15) is 25.7 Å². The molecule has 0 aliphatic heterocycles. The van der Waals surface area contributed by atoms with Crippen molar-refractivity contribution in [1.29, 1.82) is 0 Å². The summed E-state index contributed by atoms with van der Waals surface area (Å²) in [5.41, 5.74) is 1.27. The first kappa shape index (κ1) is 23.5. The number of methoxy groups -OCH3 is 1. The van der Waals surface area contributed by atoms with Crippen molar-refractivity contribution >= 4 is 39.9 Å². The highest BCUT2D eigenvalue weighted by molar-refractivity contribution is 6.31. The third-order valence-electron chi connectivity index (χ3n) is 4.89. The summed E-state index contributed by atoms with van der Waals surface area (Å²) in [6.45, 7) is 0.502. The number of aromatic nitrogens is 2. The highest BCUT2D eigenvalue weighted by atomic mass is 35.5. The van der Waals surface area contributed by atoms with Crippen LogP contribution in [0.15, 0.2) is 36.7 Å².